The first kappa shape index (κ1) is 36.3. The second-order valence-corrected chi connectivity index (χ2v) is 19.6. The summed E-state index contributed by atoms with van der Waals surface area (Å²) in [6.45, 7) is 15.0. The Morgan fingerprint density at radius 1 is 0.863 bits per heavy atom. The molecule has 5 aromatic rings. The average molecular weight is 729 g/mol. The Morgan fingerprint density at radius 3 is 2.06 bits per heavy atom. The number of hydrogen-bond donors (Lipinski definition) is 0. The van der Waals surface area contributed by atoms with E-state index in [2.05, 4.69) is 30.7 Å². The molecule has 1 amide bonds. The van der Waals surface area contributed by atoms with Gasteiger partial charge in [-0.2, -0.15) is 0 Å². The molecule has 1 atom stereocenters. The van der Waals surface area contributed by atoms with Crippen LogP contribution in [0.15, 0.2) is 91.3 Å². The standard InChI is InChI=1S/C40H43ClF2N4O3Si/c1-26-24-46(38(48)49-39(2,3)4)21-22-47(26)37-29-23-30(41)33(35(43)36(29)44-25-45-37)34-31(42)19-14-20-32(34)50-51(40(5,6)7,27-15-10-8-11-16-27)28-17-12-9-13-18-28/h8-20,23,25-26H,21-22,24H2,1-7H3/t26-/m0/s1. The van der Waals surface area contributed by atoms with Crippen LogP contribution in [0.25, 0.3) is 22.0 Å². The number of fused-ring (bicyclic) bond motifs is 1. The largest absolute Gasteiger partial charge is 0.533 e. The second-order valence-electron chi connectivity index (χ2n) is 15.0. The van der Waals surface area contributed by atoms with Gasteiger partial charge in [-0.25, -0.2) is 23.5 Å². The van der Waals surface area contributed by atoms with Crippen LogP contribution in [-0.2, 0) is 4.74 Å². The Morgan fingerprint density at radius 2 is 1.49 bits per heavy atom. The van der Waals surface area contributed by atoms with Crippen molar-refractivity contribution in [1.29, 1.82) is 0 Å². The molecule has 2 heterocycles. The molecule has 0 N–H and O–H groups in total. The van der Waals surface area contributed by atoms with Gasteiger partial charge in [0.05, 0.1) is 10.6 Å². The van der Waals surface area contributed by atoms with E-state index in [1.165, 1.54) is 12.4 Å². The molecule has 1 fully saturated rings. The number of nitrogens with zero attached hydrogens (tertiary/aromatic N) is 4. The summed E-state index contributed by atoms with van der Waals surface area (Å²) in [7, 11) is -3.23. The highest BCUT2D eigenvalue weighted by molar-refractivity contribution is 7.00. The van der Waals surface area contributed by atoms with Gasteiger partial charge in [-0.3, -0.25) is 0 Å². The molecule has 0 saturated carbocycles. The minimum atomic E-state index is -3.23. The number of ether oxygens (including phenoxy) is 1. The van der Waals surface area contributed by atoms with E-state index in [1.807, 2.05) is 93.3 Å². The molecule has 0 radical (unpaired) electrons. The summed E-state index contributed by atoms with van der Waals surface area (Å²) >= 11 is 6.96. The van der Waals surface area contributed by atoms with Crippen molar-refractivity contribution in [3.8, 4) is 16.9 Å². The Kier molecular flexibility index (Phi) is 9.87. The van der Waals surface area contributed by atoms with Gasteiger partial charge in [0, 0.05) is 36.6 Å². The van der Waals surface area contributed by atoms with E-state index < -0.39 is 30.6 Å². The van der Waals surface area contributed by atoms with Crippen molar-refractivity contribution in [3.63, 3.8) is 0 Å². The summed E-state index contributed by atoms with van der Waals surface area (Å²) < 4.78 is 46.0. The number of carbonyl (C=O) groups is 1. The summed E-state index contributed by atoms with van der Waals surface area (Å²) in [5.41, 5.74) is -0.826. The first-order valence-electron chi connectivity index (χ1n) is 17.1. The van der Waals surface area contributed by atoms with E-state index in [4.69, 9.17) is 20.8 Å². The molecule has 4 aromatic carbocycles. The highest BCUT2D eigenvalue weighted by Crippen LogP contribution is 2.45. The van der Waals surface area contributed by atoms with Crippen LogP contribution in [0.1, 0.15) is 48.5 Å². The fourth-order valence-corrected chi connectivity index (χ4v) is 11.7. The molecule has 0 unspecified atom stereocenters. The number of aromatic nitrogens is 2. The van der Waals surface area contributed by atoms with Gasteiger partial charge >= 0.3 is 14.4 Å². The van der Waals surface area contributed by atoms with Crippen molar-refractivity contribution in [1.82, 2.24) is 14.9 Å². The van der Waals surface area contributed by atoms with Crippen LogP contribution in [0.3, 0.4) is 0 Å². The monoisotopic (exact) mass is 728 g/mol. The number of halogens is 3. The van der Waals surface area contributed by atoms with Gasteiger partial charge in [0.15, 0.2) is 5.82 Å². The lowest BCUT2D eigenvalue weighted by atomic mass is 10.0. The number of hydrogen-bond acceptors (Lipinski definition) is 6. The SMILES string of the molecule is C[C@H]1CN(C(=O)OC(C)(C)C)CCN1c1ncnc2c(F)c(-c3c(F)cccc3O[Si](c3ccccc3)(c3ccccc3)C(C)(C)C)c(Cl)cc12. The number of anilines is 1. The normalized spacial score (nSPS) is 15.6. The van der Waals surface area contributed by atoms with Crippen LogP contribution in [0.2, 0.25) is 10.1 Å². The van der Waals surface area contributed by atoms with Gasteiger partial charge in [-0.1, -0.05) is 99.1 Å². The Hall–Kier alpha value is -4.54. The number of rotatable bonds is 6. The summed E-state index contributed by atoms with van der Waals surface area (Å²) in [6, 6.07) is 25.9. The molecular formula is C40H43ClF2N4O3Si. The van der Waals surface area contributed by atoms with E-state index >= 15 is 8.78 Å². The Labute approximate surface area is 304 Å². The van der Waals surface area contributed by atoms with Crippen molar-refractivity contribution in [2.45, 2.75) is 65.1 Å². The molecule has 1 aliphatic heterocycles. The van der Waals surface area contributed by atoms with Crippen LogP contribution >= 0.6 is 11.6 Å². The predicted octanol–water partition coefficient (Wildman–Crippen LogP) is 8.61. The highest BCUT2D eigenvalue weighted by atomic mass is 35.5. The van der Waals surface area contributed by atoms with Gasteiger partial charge < -0.3 is 19.0 Å². The average Bonchev–Trinajstić information content (AvgIpc) is 3.07. The molecule has 1 aliphatic rings. The second kappa shape index (κ2) is 13.9. The van der Waals surface area contributed by atoms with Gasteiger partial charge in [0.2, 0.25) is 0 Å². The summed E-state index contributed by atoms with van der Waals surface area (Å²) in [5, 5.41) is 1.92. The van der Waals surface area contributed by atoms with Crippen LogP contribution < -0.4 is 19.7 Å². The van der Waals surface area contributed by atoms with Gasteiger partial charge in [-0.15, -0.1) is 0 Å². The van der Waals surface area contributed by atoms with Crippen LogP contribution in [-0.4, -0.2) is 60.6 Å². The fraction of sp³-hybridized carbons (Fsp3) is 0.325. The maximum atomic E-state index is 17.0. The van der Waals surface area contributed by atoms with Crippen molar-refractivity contribution >= 4 is 53.1 Å². The van der Waals surface area contributed by atoms with Crippen molar-refractivity contribution in [2.75, 3.05) is 24.5 Å². The summed E-state index contributed by atoms with van der Waals surface area (Å²) in [6.07, 6.45) is 0.910. The summed E-state index contributed by atoms with van der Waals surface area (Å²) in [5.74, 6) is -0.794. The van der Waals surface area contributed by atoms with Crippen molar-refractivity contribution in [2.24, 2.45) is 0 Å². The molecule has 0 bridgehead atoms. The quantitative estimate of drug-likeness (QED) is 0.163. The molecule has 0 aliphatic carbocycles. The van der Waals surface area contributed by atoms with E-state index in [0.29, 0.717) is 30.8 Å². The minimum absolute atomic E-state index is 0.000762. The number of amides is 1. The van der Waals surface area contributed by atoms with Gasteiger partial charge in [0.1, 0.15) is 34.8 Å². The fourth-order valence-electron chi connectivity index (χ4n) is 6.99. The third-order valence-electron chi connectivity index (χ3n) is 9.26. The lowest BCUT2D eigenvalue weighted by Gasteiger charge is -2.43. The smallest absolute Gasteiger partial charge is 0.410 e. The molecule has 11 heteroatoms. The zero-order valence-corrected chi connectivity index (χ0v) is 31.8. The van der Waals surface area contributed by atoms with Crippen LogP contribution in [0.5, 0.6) is 5.75 Å². The van der Waals surface area contributed by atoms with Crippen molar-refractivity contribution in [3.05, 3.63) is 108 Å². The van der Waals surface area contributed by atoms with E-state index in [0.717, 1.165) is 10.4 Å². The maximum Gasteiger partial charge on any atom is 0.410 e. The van der Waals surface area contributed by atoms with Crippen molar-refractivity contribution < 1.29 is 22.7 Å². The van der Waals surface area contributed by atoms with E-state index in [1.54, 1.807) is 23.1 Å². The third-order valence-corrected chi connectivity index (χ3v) is 14.5. The number of piperazine rings is 1. The topological polar surface area (TPSA) is 67.8 Å². The van der Waals surface area contributed by atoms with Gasteiger partial charge in [-0.05, 0) is 61.3 Å². The predicted molar refractivity (Wildman–Crippen MR) is 203 cm³/mol. The first-order chi connectivity index (χ1) is 24.1. The van der Waals surface area contributed by atoms with Gasteiger partial charge in [0.25, 0.3) is 0 Å². The zero-order chi connectivity index (χ0) is 36.7. The Bertz CT molecular complexity index is 2020. The first-order valence-corrected chi connectivity index (χ1v) is 19.4. The molecular weight excluding hydrogens is 686 g/mol. The number of benzene rings is 4. The van der Waals surface area contributed by atoms with Crippen LogP contribution in [0.4, 0.5) is 19.4 Å². The lowest BCUT2D eigenvalue weighted by Crippen LogP contribution is -2.68. The zero-order valence-electron chi connectivity index (χ0n) is 30.0. The Balaban J connectivity index is 1.45. The van der Waals surface area contributed by atoms with E-state index in [9.17, 15) is 4.79 Å². The molecule has 1 aromatic heterocycles. The molecule has 7 nitrogen and oxygen atoms in total. The summed E-state index contributed by atoms with van der Waals surface area (Å²) in [4.78, 5) is 25.3. The molecule has 6 rings (SSSR count). The molecule has 51 heavy (non-hydrogen) atoms. The maximum absolute atomic E-state index is 17.0. The molecule has 266 valence electrons. The minimum Gasteiger partial charge on any atom is -0.533 e. The lowest BCUT2D eigenvalue weighted by molar-refractivity contribution is 0.0218. The molecule has 1 saturated heterocycles. The third kappa shape index (κ3) is 6.91. The van der Waals surface area contributed by atoms with Crippen LogP contribution in [0, 0.1) is 11.6 Å². The number of carbonyl (C=O) groups excluding carboxylic acids is 1. The molecule has 0 spiro atoms. The van der Waals surface area contributed by atoms with E-state index in [-0.39, 0.29) is 39.6 Å². The highest BCUT2D eigenvalue weighted by Gasteiger charge is 2.52.